The Morgan fingerprint density at radius 2 is 1.62 bits per heavy atom. The van der Waals surface area contributed by atoms with E-state index in [0.29, 0.717) is 56.6 Å². The van der Waals surface area contributed by atoms with Crippen molar-refractivity contribution in [2.75, 3.05) is 61.6 Å². The molecule has 8 nitrogen and oxygen atoms in total. The van der Waals surface area contributed by atoms with Crippen LogP contribution in [0, 0.1) is 11.6 Å². The maximum absolute atomic E-state index is 15.7. The molecule has 0 radical (unpaired) electrons. The van der Waals surface area contributed by atoms with Gasteiger partial charge in [0, 0.05) is 61.8 Å². The zero-order valence-corrected chi connectivity index (χ0v) is 23.4. The Hall–Kier alpha value is -3.84. The monoisotopic (exact) mass is 590 g/mol. The number of carbonyl (C=O) groups excluding carboxylic acids is 1. The maximum atomic E-state index is 15.7. The zero-order chi connectivity index (χ0) is 30.2. The number of likely N-dealkylation sites (N-methyl/N-ethyl adjacent to an activating group) is 1. The number of nitrogens with one attached hydrogen (secondary N) is 1. The van der Waals surface area contributed by atoms with E-state index in [1.807, 2.05) is 30.7 Å². The Labute approximate surface area is 240 Å². The third kappa shape index (κ3) is 6.16. The van der Waals surface area contributed by atoms with Gasteiger partial charge in [0.05, 0.1) is 35.7 Å². The SMILES string of the molecule is CC1CN(c2cc(F)c(-c3cnc(N4CCOCC4)nc3)cc2NC(=O)c2ccc(F)cc2C(F)(F)F)CC(C)N1C. The summed E-state index contributed by atoms with van der Waals surface area (Å²) < 4.78 is 75.8. The van der Waals surface area contributed by atoms with Crippen molar-refractivity contribution >= 4 is 23.2 Å². The summed E-state index contributed by atoms with van der Waals surface area (Å²) in [5, 5.41) is 2.55. The molecule has 1 amide bonds. The average molecular weight is 591 g/mol. The molecular weight excluding hydrogens is 559 g/mol. The van der Waals surface area contributed by atoms with Gasteiger partial charge in [-0.2, -0.15) is 13.2 Å². The summed E-state index contributed by atoms with van der Waals surface area (Å²) in [5.74, 6) is -2.37. The highest BCUT2D eigenvalue weighted by Gasteiger charge is 2.36. The lowest BCUT2D eigenvalue weighted by Gasteiger charge is -2.44. The lowest BCUT2D eigenvalue weighted by molar-refractivity contribution is -0.138. The van der Waals surface area contributed by atoms with E-state index in [1.54, 1.807) is 0 Å². The molecule has 0 spiro atoms. The second-order valence-electron chi connectivity index (χ2n) is 10.6. The number of aromatic nitrogens is 2. The van der Waals surface area contributed by atoms with Crippen molar-refractivity contribution in [2.45, 2.75) is 32.1 Å². The number of morpholine rings is 1. The zero-order valence-electron chi connectivity index (χ0n) is 23.4. The van der Waals surface area contributed by atoms with Crippen molar-refractivity contribution in [3.63, 3.8) is 0 Å². The molecule has 0 aliphatic carbocycles. The predicted octanol–water partition coefficient (Wildman–Crippen LogP) is 5.06. The lowest BCUT2D eigenvalue weighted by Crippen LogP contribution is -2.55. The Bertz CT molecular complexity index is 1430. The minimum atomic E-state index is -4.96. The van der Waals surface area contributed by atoms with Gasteiger partial charge in [0.25, 0.3) is 5.91 Å². The summed E-state index contributed by atoms with van der Waals surface area (Å²) in [5.41, 5.74) is -1.35. The second kappa shape index (κ2) is 11.8. The first-order valence-electron chi connectivity index (χ1n) is 13.6. The van der Waals surface area contributed by atoms with Crippen LogP contribution in [0.2, 0.25) is 0 Å². The molecule has 2 aliphatic rings. The summed E-state index contributed by atoms with van der Waals surface area (Å²) in [6.45, 7) is 7.30. The van der Waals surface area contributed by atoms with Crippen LogP contribution in [0.1, 0.15) is 29.8 Å². The molecule has 5 rings (SSSR count). The number of hydrogen-bond donors (Lipinski definition) is 1. The molecule has 1 aromatic heterocycles. The fourth-order valence-corrected chi connectivity index (χ4v) is 5.27. The number of amides is 1. The highest BCUT2D eigenvalue weighted by molar-refractivity contribution is 6.07. The fraction of sp³-hybridized carbons (Fsp3) is 0.414. The Morgan fingerprint density at radius 3 is 2.24 bits per heavy atom. The molecule has 1 N–H and O–H groups in total. The first-order chi connectivity index (χ1) is 19.9. The number of benzene rings is 2. The first kappa shape index (κ1) is 29.6. The third-order valence-corrected chi connectivity index (χ3v) is 7.81. The van der Waals surface area contributed by atoms with Crippen LogP contribution in [-0.2, 0) is 10.9 Å². The summed E-state index contributed by atoms with van der Waals surface area (Å²) in [4.78, 5) is 28.0. The molecule has 2 unspecified atom stereocenters. The van der Waals surface area contributed by atoms with E-state index < -0.39 is 34.8 Å². The van der Waals surface area contributed by atoms with Gasteiger partial charge in [-0.1, -0.05) is 0 Å². The first-order valence-corrected chi connectivity index (χ1v) is 13.6. The molecule has 2 fully saturated rings. The van der Waals surface area contributed by atoms with Crippen LogP contribution in [0.5, 0.6) is 0 Å². The molecule has 0 bridgehead atoms. The standard InChI is InChI=1S/C29H31F5N6O2/c1-17-15-40(16-18(2)38(17)3)26-12-24(31)22(19-13-35-28(36-14-19)39-6-8-42-9-7-39)11-25(26)37-27(41)21-5-4-20(30)10-23(21)29(32,33)34/h4-5,10-14,17-18H,6-9,15-16H2,1-3H3,(H,37,41). The van der Waals surface area contributed by atoms with E-state index >= 15 is 4.39 Å². The molecule has 13 heteroatoms. The summed E-state index contributed by atoms with van der Waals surface area (Å²) in [6, 6.07) is 4.66. The van der Waals surface area contributed by atoms with Gasteiger partial charge < -0.3 is 19.9 Å². The van der Waals surface area contributed by atoms with Gasteiger partial charge in [-0.25, -0.2) is 18.7 Å². The van der Waals surface area contributed by atoms with E-state index in [1.165, 1.54) is 24.5 Å². The van der Waals surface area contributed by atoms with Crippen LogP contribution < -0.4 is 15.1 Å². The lowest BCUT2D eigenvalue weighted by atomic mass is 10.0. The number of halogens is 5. The molecular formula is C29H31F5N6O2. The summed E-state index contributed by atoms with van der Waals surface area (Å²) in [7, 11) is 1.98. The smallest absolute Gasteiger partial charge is 0.378 e. The van der Waals surface area contributed by atoms with Gasteiger partial charge in [-0.15, -0.1) is 0 Å². The van der Waals surface area contributed by atoms with E-state index in [0.717, 1.165) is 12.1 Å². The van der Waals surface area contributed by atoms with Crippen molar-refractivity contribution in [1.82, 2.24) is 14.9 Å². The topological polar surface area (TPSA) is 73.8 Å². The number of anilines is 3. The van der Waals surface area contributed by atoms with Crippen LogP contribution in [0.15, 0.2) is 42.7 Å². The largest absolute Gasteiger partial charge is 0.417 e. The maximum Gasteiger partial charge on any atom is 0.417 e. The Kier molecular flexibility index (Phi) is 8.33. The van der Waals surface area contributed by atoms with Crippen LogP contribution >= 0.6 is 0 Å². The minimum absolute atomic E-state index is 0.0629. The fourth-order valence-electron chi connectivity index (χ4n) is 5.27. The highest BCUT2D eigenvalue weighted by atomic mass is 19.4. The minimum Gasteiger partial charge on any atom is -0.378 e. The number of piperazine rings is 1. The van der Waals surface area contributed by atoms with Gasteiger partial charge in [0.1, 0.15) is 11.6 Å². The van der Waals surface area contributed by atoms with Crippen molar-refractivity contribution in [1.29, 1.82) is 0 Å². The molecule has 2 saturated heterocycles. The molecule has 224 valence electrons. The Balaban J connectivity index is 1.54. The number of carbonyl (C=O) groups is 1. The van der Waals surface area contributed by atoms with Crippen molar-refractivity contribution < 1.29 is 31.5 Å². The average Bonchev–Trinajstić information content (AvgIpc) is 2.96. The van der Waals surface area contributed by atoms with Gasteiger partial charge >= 0.3 is 6.18 Å². The number of alkyl halides is 3. The quantitative estimate of drug-likeness (QED) is 0.417. The summed E-state index contributed by atoms with van der Waals surface area (Å²) >= 11 is 0. The van der Waals surface area contributed by atoms with Crippen LogP contribution in [0.25, 0.3) is 11.1 Å². The van der Waals surface area contributed by atoms with Crippen LogP contribution in [0.4, 0.5) is 39.3 Å². The molecule has 2 atom stereocenters. The molecule has 2 aliphatic heterocycles. The van der Waals surface area contributed by atoms with E-state index in [4.69, 9.17) is 4.74 Å². The molecule has 0 saturated carbocycles. The van der Waals surface area contributed by atoms with E-state index in [2.05, 4.69) is 20.2 Å². The number of ether oxygens (including phenoxy) is 1. The van der Waals surface area contributed by atoms with Gasteiger partial charge in [0.15, 0.2) is 0 Å². The Morgan fingerprint density at radius 1 is 0.976 bits per heavy atom. The van der Waals surface area contributed by atoms with Crippen molar-refractivity contribution in [2.24, 2.45) is 0 Å². The molecule has 42 heavy (non-hydrogen) atoms. The highest BCUT2D eigenvalue weighted by Crippen LogP contribution is 2.37. The van der Waals surface area contributed by atoms with Crippen LogP contribution in [0.3, 0.4) is 0 Å². The second-order valence-corrected chi connectivity index (χ2v) is 10.6. The number of nitrogens with zero attached hydrogens (tertiary/aromatic N) is 5. The molecule has 3 heterocycles. The normalized spacial score (nSPS) is 20.1. The molecule has 3 aromatic rings. The van der Waals surface area contributed by atoms with E-state index in [-0.39, 0.29) is 29.4 Å². The van der Waals surface area contributed by atoms with Gasteiger partial charge in [0.2, 0.25) is 5.95 Å². The number of hydrogen-bond acceptors (Lipinski definition) is 7. The number of rotatable bonds is 5. The van der Waals surface area contributed by atoms with E-state index in [9.17, 15) is 22.4 Å². The van der Waals surface area contributed by atoms with Crippen molar-refractivity contribution in [3.8, 4) is 11.1 Å². The van der Waals surface area contributed by atoms with Gasteiger partial charge in [-0.3, -0.25) is 9.69 Å². The molecule has 2 aromatic carbocycles. The van der Waals surface area contributed by atoms with Gasteiger partial charge in [-0.05, 0) is 51.2 Å². The summed E-state index contributed by atoms with van der Waals surface area (Å²) in [6.07, 6.45) is -2.04. The predicted molar refractivity (Wildman–Crippen MR) is 149 cm³/mol. The van der Waals surface area contributed by atoms with Crippen LogP contribution in [-0.4, -0.2) is 79.3 Å². The van der Waals surface area contributed by atoms with Crippen molar-refractivity contribution in [3.05, 3.63) is 65.5 Å². The third-order valence-electron chi connectivity index (χ3n) is 7.81.